The van der Waals surface area contributed by atoms with Crippen LogP contribution in [0, 0.1) is 5.92 Å². The summed E-state index contributed by atoms with van der Waals surface area (Å²) in [5.74, 6) is -0.648. The zero-order chi connectivity index (χ0) is 27.2. The number of nitrogens with one attached hydrogen (secondary N) is 1. The van der Waals surface area contributed by atoms with Gasteiger partial charge in [0.25, 0.3) is 5.56 Å². The number of nitrogens with zero attached hydrogens (tertiary/aromatic N) is 1. The van der Waals surface area contributed by atoms with Crippen molar-refractivity contribution in [1.82, 2.24) is 9.55 Å². The molecule has 2 heterocycles. The third kappa shape index (κ3) is 5.48. The smallest absolute Gasteiger partial charge is 0.330 e. The number of carbonyl (C=O) groups is 1. The van der Waals surface area contributed by atoms with E-state index in [4.69, 9.17) is 14.2 Å². The van der Waals surface area contributed by atoms with Gasteiger partial charge in [-0.1, -0.05) is 91.0 Å². The van der Waals surface area contributed by atoms with Crippen LogP contribution >= 0.6 is 0 Å². The number of ether oxygens (including phenoxy) is 3. The molecule has 1 aromatic heterocycles. The first-order valence-electron chi connectivity index (χ1n) is 12.9. The van der Waals surface area contributed by atoms with E-state index in [1.807, 2.05) is 91.0 Å². The van der Waals surface area contributed by atoms with Gasteiger partial charge in [0.05, 0.1) is 26.2 Å². The molecule has 3 aromatic carbocycles. The summed E-state index contributed by atoms with van der Waals surface area (Å²) in [5.41, 5.74) is 0.808. The second kappa shape index (κ2) is 11.6. The molecule has 8 heteroatoms. The van der Waals surface area contributed by atoms with Gasteiger partial charge < -0.3 is 14.2 Å². The lowest BCUT2D eigenvalue weighted by Crippen LogP contribution is -2.37. The predicted molar refractivity (Wildman–Crippen MR) is 145 cm³/mol. The second-order valence-corrected chi connectivity index (χ2v) is 9.51. The number of methoxy groups -OCH3 is 1. The topological polar surface area (TPSA) is 99.6 Å². The van der Waals surface area contributed by atoms with Gasteiger partial charge in [0.1, 0.15) is 11.8 Å². The Morgan fingerprint density at radius 3 is 1.92 bits per heavy atom. The molecule has 200 valence electrons. The lowest BCUT2D eigenvalue weighted by Gasteiger charge is -2.37. The lowest BCUT2D eigenvalue weighted by atomic mass is 9.80. The fourth-order valence-electron chi connectivity index (χ4n) is 5.28. The van der Waals surface area contributed by atoms with Crippen LogP contribution in [-0.2, 0) is 24.6 Å². The van der Waals surface area contributed by atoms with Crippen LogP contribution in [0.2, 0.25) is 0 Å². The van der Waals surface area contributed by atoms with Gasteiger partial charge in [-0.2, -0.15) is 0 Å². The Kier molecular flexibility index (Phi) is 7.86. The minimum absolute atomic E-state index is 0.105. The number of hydrogen-bond acceptors (Lipinski definition) is 6. The number of H-pyrrole nitrogens is 1. The van der Waals surface area contributed by atoms with E-state index in [0.717, 1.165) is 16.7 Å². The highest BCUT2D eigenvalue weighted by atomic mass is 16.6. The molecule has 1 N–H and O–H groups in total. The van der Waals surface area contributed by atoms with Crippen molar-refractivity contribution in [2.45, 2.75) is 30.8 Å². The van der Waals surface area contributed by atoms with Gasteiger partial charge in [-0.15, -0.1) is 0 Å². The van der Waals surface area contributed by atoms with Gasteiger partial charge >= 0.3 is 11.7 Å². The molecule has 0 spiro atoms. The Morgan fingerprint density at radius 2 is 1.44 bits per heavy atom. The molecule has 1 fully saturated rings. The van der Waals surface area contributed by atoms with Gasteiger partial charge in [-0.25, -0.2) is 4.79 Å². The quantitative estimate of drug-likeness (QED) is 0.261. The normalized spacial score (nSPS) is 19.1. The Balaban J connectivity index is 1.53. The highest BCUT2D eigenvalue weighted by Crippen LogP contribution is 2.42. The summed E-state index contributed by atoms with van der Waals surface area (Å²) in [4.78, 5) is 38.7. The van der Waals surface area contributed by atoms with E-state index >= 15 is 0 Å². The number of benzene rings is 3. The third-order valence-corrected chi connectivity index (χ3v) is 7.19. The largest absolute Gasteiger partial charge is 0.469 e. The van der Waals surface area contributed by atoms with Crippen molar-refractivity contribution in [1.29, 1.82) is 0 Å². The van der Waals surface area contributed by atoms with Gasteiger partial charge in [-0.3, -0.25) is 19.1 Å². The SMILES string of the molecule is COC(=O)C[C@@H]1C[C@H](n2ccc(=O)[nH]c2=O)O[C@H]1COC(c1ccccc1)(c1ccccc1)c1ccccc1. The first kappa shape index (κ1) is 26.3. The predicted octanol–water partition coefficient (Wildman–Crippen LogP) is 4.01. The molecule has 1 aliphatic rings. The number of hydrogen-bond donors (Lipinski definition) is 1. The molecule has 39 heavy (non-hydrogen) atoms. The van der Waals surface area contributed by atoms with Gasteiger partial charge in [0.2, 0.25) is 0 Å². The fraction of sp³-hybridized carbons (Fsp3) is 0.258. The second-order valence-electron chi connectivity index (χ2n) is 9.51. The average molecular weight is 527 g/mol. The summed E-state index contributed by atoms with van der Waals surface area (Å²) in [6.45, 7) is 0.134. The van der Waals surface area contributed by atoms with Crippen molar-refractivity contribution < 1.29 is 19.0 Å². The van der Waals surface area contributed by atoms with Crippen LogP contribution in [-0.4, -0.2) is 35.3 Å². The van der Waals surface area contributed by atoms with Crippen molar-refractivity contribution in [2.75, 3.05) is 13.7 Å². The van der Waals surface area contributed by atoms with Crippen molar-refractivity contribution >= 4 is 5.97 Å². The first-order valence-corrected chi connectivity index (χ1v) is 12.9. The molecular weight excluding hydrogens is 496 g/mol. The van der Waals surface area contributed by atoms with Gasteiger partial charge in [0, 0.05) is 18.2 Å². The van der Waals surface area contributed by atoms with Crippen LogP contribution in [0.15, 0.2) is 113 Å². The van der Waals surface area contributed by atoms with Crippen LogP contribution in [0.5, 0.6) is 0 Å². The summed E-state index contributed by atoms with van der Waals surface area (Å²) in [6, 6.07) is 31.2. The minimum atomic E-state index is -0.962. The maximum absolute atomic E-state index is 12.5. The molecular formula is C31H30N2O6. The van der Waals surface area contributed by atoms with E-state index in [1.165, 1.54) is 23.9 Å². The lowest BCUT2D eigenvalue weighted by molar-refractivity contribution is -0.143. The molecule has 1 saturated heterocycles. The minimum Gasteiger partial charge on any atom is -0.469 e. The van der Waals surface area contributed by atoms with Crippen molar-refractivity contribution in [3.8, 4) is 0 Å². The van der Waals surface area contributed by atoms with Crippen LogP contribution in [0.3, 0.4) is 0 Å². The zero-order valence-electron chi connectivity index (χ0n) is 21.6. The average Bonchev–Trinajstić information content (AvgIpc) is 3.37. The van der Waals surface area contributed by atoms with Gasteiger partial charge in [0.15, 0.2) is 0 Å². The zero-order valence-corrected chi connectivity index (χ0v) is 21.6. The summed E-state index contributed by atoms with van der Waals surface area (Å²) >= 11 is 0. The first-order chi connectivity index (χ1) is 19.0. The van der Waals surface area contributed by atoms with Crippen LogP contribution in [0.4, 0.5) is 0 Å². The number of carbonyl (C=O) groups excluding carboxylic acids is 1. The van der Waals surface area contributed by atoms with Crippen molar-refractivity contribution in [3.05, 3.63) is 141 Å². The molecule has 0 saturated carbocycles. The maximum Gasteiger partial charge on any atom is 0.330 e. The molecule has 5 rings (SSSR count). The molecule has 0 amide bonds. The maximum atomic E-state index is 12.5. The number of aromatic nitrogens is 2. The van der Waals surface area contributed by atoms with E-state index in [2.05, 4.69) is 4.98 Å². The molecule has 8 nitrogen and oxygen atoms in total. The summed E-state index contributed by atoms with van der Waals surface area (Å²) in [7, 11) is 1.35. The molecule has 3 atom stereocenters. The van der Waals surface area contributed by atoms with E-state index < -0.39 is 29.2 Å². The Hall–Kier alpha value is -4.27. The third-order valence-electron chi connectivity index (χ3n) is 7.19. The van der Waals surface area contributed by atoms with Crippen LogP contribution in [0.1, 0.15) is 35.8 Å². The molecule has 4 aromatic rings. The standard InChI is InChI=1S/C31H30N2O6/c1-37-29(35)20-22-19-28(33-18-17-27(34)32-30(33)36)39-26(22)21-38-31(23-11-5-2-6-12-23,24-13-7-3-8-14-24)25-15-9-4-10-16-25/h2-18,22,26,28H,19-21H2,1H3,(H,32,34,36)/t22-,26-,28+/m0/s1. The highest BCUT2D eigenvalue weighted by molar-refractivity contribution is 5.69. The van der Waals surface area contributed by atoms with Crippen molar-refractivity contribution in [2.24, 2.45) is 5.92 Å². The number of esters is 1. The molecule has 0 aliphatic carbocycles. The summed E-state index contributed by atoms with van der Waals surface area (Å²) in [6.07, 6.45) is 0.700. The van der Waals surface area contributed by atoms with Crippen molar-refractivity contribution in [3.63, 3.8) is 0 Å². The Bertz CT molecular complexity index is 1400. The molecule has 0 radical (unpaired) electrons. The van der Waals surface area contributed by atoms with Gasteiger partial charge in [-0.05, 0) is 23.1 Å². The van der Waals surface area contributed by atoms with E-state index in [0.29, 0.717) is 6.42 Å². The monoisotopic (exact) mass is 526 g/mol. The van der Waals surface area contributed by atoms with Crippen LogP contribution in [0.25, 0.3) is 0 Å². The summed E-state index contributed by atoms with van der Waals surface area (Å²) in [5, 5.41) is 0. The molecule has 0 unspecified atom stereocenters. The highest BCUT2D eigenvalue weighted by Gasteiger charge is 2.43. The fourth-order valence-corrected chi connectivity index (χ4v) is 5.28. The van der Waals surface area contributed by atoms with E-state index in [1.54, 1.807) is 0 Å². The Morgan fingerprint density at radius 1 is 0.897 bits per heavy atom. The molecule has 1 aliphatic heterocycles. The van der Waals surface area contributed by atoms with E-state index in [9.17, 15) is 14.4 Å². The van der Waals surface area contributed by atoms with E-state index in [-0.39, 0.29) is 24.9 Å². The Labute approximate surface area is 225 Å². The number of aromatic amines is 1. The number of rotatable bonds is 9. The van der Waals surface area contributed by atoms with Crippen LogP contribution < -0.4 is 11.2 Å². The molecule has 0 bridgehead atoms. The summed E-state index contributed by atoms with van der Waals surface area (Å²) < 4.78 is 19.5.